The van der Waals surface area contributed by atoms with Crippen LogP contribution in [0.1, 0.15) is 36.9 Å². The maximum absolute atomic E-state index is 13.5. The molecule has 32 heavy (non-hydrogen) atoms. The molecular weight excluding hydrogens is 405 g/mol. The van der Waals surface area contributed by atoms with Gasteiger partial charge in [0, 0.05) is 38.9 Å². The molecule has 2 aliphatic rings. The third-order valence-corrected chi connectivity index (χ3v) is 6.09. The van der Waals surface area contributed by atoms with Crippen LogP contribution in [0.25, 0.3) is 0 Å². The molecular formula is C26H30FN3O2. The zero-order valence-electron chi connectivity index (χ0n) is 18.5. The molecule has 0 N–H and O–H groups in total. The largest absolute Gasteiger partial charge is 0.461 e. The number of hydrogen-bond acceptors (Lipinski definition) is 5. The number of ether oxygens (including phenoxy) is 1. The van der Waals surface area contributed by atoms with Crippen molar-refractivity contribution in [3.05, 3.63) is 82.8 Å². The van der Waals surface area contributed by atoms with Crippen molar-refractivity contribution >= 4 is 12.2 Å². The predicted molar refractivity (Wildman–Crippen MR) is 124 cm³/mol. The first kappa shape index (κ1) is 22.4. The number of carbonyl (C=O) groups excluding carboxylic acids is 1. The van der Waals surface area contributed by atoms with E-state index in [1.54, 1.807) is 6.21 Å². The van der Waals surface area contributed by atoms with Gasteiger partial charge in [0.05, 0.1) is 12.6 Å². The zero-order valence-corrected chi connectivity index (χ0v) is 18.5. The number of rotatable bonds is 7. The van der Waals surface area contributed by atoms with Crippen molar-refractivity contribution < 1.29 is 13.9 Å². The second kappa shape index (κ2) is 10.7. The SMILES string of the molecule is CCOC(=O)C1=C(CN2CCN(C(c3ccccc3)c3ccc(F)cc3)CC2)CCC=N1. The molecule has 6 heteroatoms. The van der Waals surface area contributed by atoms with E-state index in [2.05, 4.69) is 39.1 Å². The minimum absolute atomic E-state index is 0.0903. The van der Waals surface area contributed by atoms with Gasteiger partial charge < -0.3 is 4.74 Å². The molecule has 4 rings (SSSR count). The first-order valence-corrected chi connectivity index (χ1v) is 11.3. The molecule has 1 atom stereocenters. The fraction of sp³-hybridized carbons (Fsp3) is 0.385. The minimum Gasteiger partial charge on any atom is -0.461 e. The molecule has 5 nitrogen and oxygen atoms in total. The number of esters is 1. The molecule has 2 aromatic rings. The lowest BCUT2D eigenvalue weighted by Gasteiger charge is -2.40. The Kier molecular flexibility index (Phi) is 7.45. The quantitative estimate of drug-likeness (QED) is 0.611. The summed E-state index contributed by atoms with van der Waals surface area (Å²) in [6.45, 7) is 6.49. The number of halogens is 1. The molecule has 1 fully saturated rings. The molecule has 0 bridgehead atoms. The topological polar surface area (TPSA) is 45.1 Å². The molecule has 0 aliphatic carbocycles. The van der Waals surface area contributed by atoms with Crippen molar-refractivity contribution in [2.75, 3.05) is 39.3 Å². The molecule has 168 valence electrons. The van der Waals surface area contributed by atoms with Crippen LogP contribution in [-0.4, -0.2) is 61.3 Å². The Balaban J connectivity index is 1.47. The fourth-order valence-corrected chi connectivity index (χ4v) is 4.50. The molecule has 2 heterocycles. The van der Waals surface area contributed by atoms with Crippen LogP contribution in [0.15, 0.2) is 70.9 Å². The summed E-state index contributed by atoms with van der Waals surface area (Å²) in [5.74, 6) is -0.538. The van der Waals surface area contributed by atoms with Crippen molar-refractivity contribution in [3.63, 3.8) is 0 Å². The van der Waals surface area contributed by atoms with Crippen LogP contribution in [0.4, 0.5) is 4.39 Å². The molecule has 0 aromatic heterocycles. The van der Waals surface area contributed by atoms with Crippen LogP contribution in [-0.2, 0) is 9.53 Å². The third kappa shape index (κ3) is 5.31. The van der Waals surface area contributed by atoms with Crippen molar-refractivity contribution in [1.82, 2.24) is 9.80 Å². The molecule has 0 spiro atoms. The molecule has 1 saturated heterocycles. The Labute approximate surface area is 189 Å². The van der Waals surface area contributed by atoms with Crippen LogP contribution in [0.5, 0.6) is 0 Å². The molecule has 0 radical (unpaired) electrons. The van der Waals surface area contributed by atoms with Gasteiger partial charge >= 0.3 is 5.97 Å². The van der Waals surface area contributed by atoms with Gasteiger partial charge in [-0.1, -0.05) is 42.5 Å². The van der Waals surface area contributed by atoms with Crippen molar-refractivity contribution in [1.29, 1.82) is 0 Å². The summed E-state index contributed by atoms with van der Waals surface area (Å²) in [5.41, 5.74) is 3.85. The number of benzene rings is 2. The second-order valence-electron chi connectivity index (χ2n) is 8.20. The van der Waals surface area contributed by atoms with Gasteiger partial charge in [-0.25, -0.2) is 9.18 Å². The van der Waals surface area contributed by atoms with Crippen LogP contribution in [0.2, 0.25) is 0 Å². The number of carbonyl (C=O) groups is 1. The highest BCUT2D eigenvalue weighted by Crippen LogP contribution is 2.30. The van der Waals surface area contributed by atoms with Crippen molar-refractivity contribution in [3.8, 4) is 0 Å². The number of hydrogen-bond donors (Lipinski definition) is 0. The molecule has 2 aliphatic heterocycles. The van der Waals surface area contributed by atoms with E-state index in [0.717, 1.165) is 56.7 Å². The molecule has 0 amide bonds. The highest BCUT2D eigenvalue weighted by Gasteiger charge is 2.28. The summed E-state index contributed by atoms with van der Waals surface area (Å²) in [6.07, 6.45) is 3.51. The lowest BCUT2D eigenvalue weighted by molar-refractivity contribution is -0.138. The average molecular weight is 436 g/mol. The zero-order chi connectivity index (χ0) is 22.3. The average Bonchev–Trinajstić information content (AvgIpc) is 2.83. The van der Waals surface area contributed by atoms with E-state index in [9.17, 15) is 9.18 Å². The number of nitrogens with zero attached hydrogens (tertiary/aromatic N) is 3. The summed E-state index contributed by atoms with van der Waals surface area (Å²) < 4.78 is 18.7. The van der Waals surface area contributed by atoms with Crippen molar-refractivity contribution in [2.45, 2.75) is 25.8 Å². The van der Waals surface area contributed by atoms with E-state index in [-0.39, 0.29) is 17.8 Å². The highest BCUT2D eigenvalue weighted by molar-refractivity contribution is 5.91. The van der Waals surface area contributed by atoms with E-state index in [0.29, 0.717) is 12.3 Å². The van der Waals surface area contributed by atoms with E-state index in [1.165, 1.54) is 17.7 Å². The molecule has 0 saturated carbocycles. The van der Waals surface area contributed by atoms with Gasteiger partial charge in [-0.2, -0.15) is 0 Å². The standard InChI is InChI=1S/C26H30FN3O2/c1-2-32-26(31)24-22(9-6-14-28-24)19-29-15-17-30(18-16-29)25(20-7-4-3-5-8-20)21-10-12-23(27)13-11-21/h3-5,7-8,10-14,25H,2,6,9,15-19H2,1H3. The van der Waals surface area contributed by atoms with Gasteiger partial charge in [-0.3, -0.25) is 14.8 Å². The second-order valence-corrected chi connectivity index (χ2v) is 8.20. The van der Waals surface area contributed by atoms with E-state index in [1.807, 2.05) is 25.1 Å². The van der Waals surface area contributed by atoms with Gasteiger partial charge in [0.1, 0.15) is 11.5 Å². The van der Waals surface area contributed by atoms with Gasteiger partial charge in [-0.05, 0) is 48.6 Å². The van der Waals surface area contributed by atoms with Crippen LogP contribution in [0.3, 0.4) is 0 Å². The van der Waals surface area contributed by atoms with Crippen molar-refractivity contribution in [2.24, 2.45) is 4.99 Å². The minimum atomic E-state index is -0.322. The highest BCUT2D eigenvalue weighted by atomic mass is 19.1. The van der Waals surface area contributed by atoms with Gasteiger partial charge in [0.15, 0.2) is 0 Å². The monoisotopic (exact) mass is 435 g/mol. The molecule has 1 unspecified atom stereocenters. The lowest BCUT2D eigenvalue weighted by atomic mass is 9.96. The summed E-state index contributed by atoms with van der Waals surface area (Å²) in [4.78, 5) is 21.5. The Morgan fingerprint density at radius 1 is 1.03 bits per heavy atom. The van der Waals surface area contributed by atoms with Crippen LogP contribution in [0, 0.1) is 5.82 Å². The van der Waals surface area contributed by atoms with Gasteiger partial charge in [0.2, 0.25) is 0 Å². The maximum Gasteiger partial charge on any atom is 0.356 e. The summed E-state index contributed by atoms with van der Waals surface area (Å²) >= 11 is 0. The summed E-state index contributed by atoms with van der Waals surface area (Å²) in [7, 11) is 0. The van der Waals surface area contributed by atoms with E-state index >= 15 is 0 Å². The summed E-state index contributed by atoms with van der Waals surface area (Å²) in [5, 5.41) is 0. The number of aliphatic imine (C=N–C) groups is 1. The first-order valence-electron chi connectivity index (χ1n) is 11.3. The van der Waals surface area contributed by atoms with E-state index < -0.39 is 0 Å². The Hall–Kier alpha value is -2.83. The Morgan fingerprint density at radius 3 is 2.41 bits per heavy atom. The van der Waals surface area contributed by atoms with Crippen LogP contribution >= 0.6 is 0 Å². The van der Waals surface area contributed by atoms with E-state index in [4.69, 9.17) is 4.74 Å². The third-order valence-electron chi connectivity index (χ3n) is 6.09. The lowest BCUT2D eigenvalue weighted by Crippen LogP contribution is -2.48. The normalized spacial score (nSPS) is 18.6. The first-order chi connectivity index (χ1) is 15.7. The van der Waals surface area contributed by atoms with Crippen LogP contribution < -0.4 is 0 Å². The molecule has 2 aromatic carbocycles. The maximum atomic E-state index is 13.5. The fourth-order valence-electron chi connectivity index (χ4n) is 4.50. The van der Waals surface area contributed by atoms with Gasteiger partial charge in [0.25, 0.3) is 0 Å². The number of piperazine rings is 1. The smallest absolute Gasteiger partial charge is 0.356 e. The predicted octanol–water partition coefficient (Wildman–Crippen LogP) is 4.21. The summed E-state index contributed by atoms with van der Waals surface area (Å²) in [6, 6.07) is 17.3. The Morgan fingerprint density at radius 2 is 1.72 bits per heavy atom. The van der Waals surface area contributed by atoms with Gasteiger partial charge in [-0.15, -0.1) is 0 Å². The Bertz CT molecular complexity index is 964.